The molecule has 0 saturated heterocycles. The molecule has 2 aromatic rings. The van der Waals surface area contributed by atoms with Gasteiger partial charge in [-0.2, -0.15) is 0 Å². The predicted octanol–water partition coefficient (Wildman–Crippen LogP) is 3.31. The van der Waals surface area contributed by atoms with Crippen LogP contribution in [0.2, 0.25) is 0 Å². The van der Waals surface area contributed by atoms with Gasteiger partial charge in [0.1, 0.15) is 0 Å². The van der Waals surface area contributed by atoms with Crippen molar-refractivity contribution >= 4 is 17.3 Å². The summed E-state index contributed by atoms with van der Waals surface area (Å²) < 4.78 is 10.8. The second-order valence-corrected chi connectivity index (χ2v) is 5.75. The fourth-order valence-electron chi connectivity index (χ4n) is 2.53. The van der Waals surface area contributed by atoms with E-state index < -0.39 is 0 Å². The summed E-state index contributed by atoms with van der Waals surface area (Å²) in [5.41, 5.74) is 2.37. The van der Waals surface area contributed by atoms with Gasteiger partial charge in [0.25, 0.3) is 0 Å². The molecule has 0 atom stereocenters. The monoisotopic (exact) mass is 328 g/mol. The fourth-order valence-corrected chi connectivity index (χ4v) is 2.80. The normalized spacial score (nSPS) is 12.0. The summed E-state index contributed by atoms with van der Waals surface area (Å²) >= 11 is 5.53. The van der Waals surface area contributed by atoms with Crippen molar-refractivity contribution in [3.05, 3.63) is 59.7 Å². The van der Waals surface area contributed by atoms with Gasteiger partial charge in [-0.15, -0.1) is 0 Å². The molecule has 1 aliphatic heterocycles. The fraction of sp³-hybridized carbons (Fsp3) is 0.278. The van der Waals surface area contributed by atoms with Crippen LogP contribution in [-0.4, -0.2) is 23.4 Å². The van der Waals surface area contributed by atoms with Crippen LogP contribution in [-0.2, 0) is 13.1 Å². The van der Waals surface area contributed by atoms with E-state index in [9.17, 15) is 0 Å². The van der Waals surface area contributed by atoms with Crippen LogP contribution in [0.4, 0.5) is 0 Å². The van der Waals surface area contributed by atoms with E-state index in [4.69, 9.17) is 21.7 Å². The van der Waals surface area contributed by atoms with Crippen LogP contribution >= 0.6 is 12.2 Å². The minimum absolute atomic E-state index is 0.294. The summed E-state index contributed by atoms with van der Waals surface area (Å²) in [5.74, 6) is 1.61. The second kappa shape index (κ2) is 7.33. The Labute approximate surface area is 142 Å². The molecule has 4 nitrogen and oxygen atoms in total. The van der Waals surface area contributed by atoms with Crippen LogP contribution in [0.5, 0.6) is 11.5 Å². The predicted molar refractivity (Wildman–Crippen MR) is 94.5 cm³/mol. The van der Waals surface area contributed by atoms with E-state index in [2.05, 4.69) is 28.4 Å². The molecule has 0 unspecified atom stereocenters. The number of nitrogens with zero attached hydrogens (tertiary/aromatic N) is 1. The number of rotatable bonds is 5. The lowest BCUT2D eigenvalue weighted by molar-refractivity contribution is 0.174. The molecule has 0 aromatic heterocycles. The number of nitrogens with one attached hydrogen (secondary N) is 1. The quantitative estimate of drug-likeness (QED) is 0.852. The molecular formula is C18H20N2O2S. The topological polar surface area (TPSA) is 33.7 Å². The molecular weight excluding hydrogens is 308 g/mol. The highest BCUT2D eigenvalue weighted by Crippen LogP contribution is 2.32. The summed E-state index contributed by atoms with van der Waals surface area (Å²) in [5, 5.41) is 4.00. The van der Waals surface area contributed by atoms with E-state index in [1.54, 1.807) is 0 Å². The standard InChI is InChI=1S/C18H20N2O2S/c1-2-19-18(23)20(11-14-6-4-3-5-7-14)12-15-8-9-16-17(10-15)22-13-21-16/h3-10H,2,11-13H2,1H3,(H,19,23). The zero-order chi connectivity index (χ0) is 16.1. The Kier molecular flexibility index (Phi) is 4.98. The number of ether oxygens (including phenoxy) is 2. The zero-order valence-electron chi connectivity index (χ0n) is 13.1. The minimum Gasteiger partial charge on any atom is -0.454 e. The number of benzene rings is 2. The van der Waals surface area contributed by atoms with Gasteiger partial charge in [-0.3, -0.25) is 0 Å². The van der Waals surface area contributed by atoms with Crippen LogP contribution in [0, 0.1) is 0 Å². The molecule has 2 aromatic carbocycles. The number of hydrogen-bond acceptors (Lipinski definition) is 3. The Morgan fingerprint density at radius 2 is 1.78 bits per heavy atom. The molecule has 1 heterocycles. The van der Waals surface area contributed by atoms with E-state index in [0.717, 1.165) is 41.8 Å². The number of thiocarbonyl (C=S) groups is 1. The van der Waals surface area contributed by atoms with Gasteiger partial charge < -0.3 is 19.7 Å². The SMILES string of the molecule is CCNC(=S)N(Cc1ccccc1)Cc1ccc2c(c1)OCO2. The van der Waals surface area contributed by atoms with Gasteiger partial charge in [0.05, 0.1) is 0 Å². The van der Waals surface area contributed by atoms with Gasteiger partial charge in [0, 0.05) is 19.6 Å². The maximum atomic E-state index is 5.53. The maximum Gasteiger partial charge on any atom is 0.231 e. The van der Waals surface area contributed by atoms with Crippen molar-refractivity contribution in [1.29, 1.82) is 0 Å². The van der Waals surface area contributed by atoms with Crippen molar-refractivity contribution < 1.29 is 9.47 Å². The Morgan fingerprint density at radius 1 is 1.04 bits per heavy atom. The Balaban J connectivity index is 1.76. The van der Waals surface area contributed by atoms with Gasteiger partial charge >= 0.3 is 0 Å². The largest absolute Gasteiger partial charge is 0.454 e. The molecule has 0 spiro atoms. The van der Waals surface area contributed by atoms with Crippen molar-refractivity contribution in [2.75, 3.05) is 13.3 Å². The Bertz CT molecular complexity index is 676. The van der Waals surface area contributed by atoms with E-state index in [1.807, 2.05) is 37.3 Å². The molecule has 5 heteroatoms. The van der Waals surface area contributed by atoms with Crippen LogP contribution in [0.1, 0.15) is 18.1 Å². The average Bonchev–Trinajstić information content (AvgIpc) is 3.03. The molecule has 0 saturated carbocycles. The summed E-state index contributed by atoms with van der Waals surface area (Å²) in [6, 6.07) is 16.4. The number of fused-ring (bicyclic) bond motifs is 1. The van der Waals surface area contributed by atoms with E-state index >= 15 is 0 Å². The summed E-state index contributed by atoms with van der Waals surface area (Å²) in [6.07, 6.45) is 0. The Morgan fingerprint density at radius 3 is 2.57 bits per heavy atom. The van der Waals surface area contributed by atoms with Gasteiger partial charge in [0.15, 0.2) is 16.6 Å². The van der Waals surface area contributed by atoms with Crippen LogP contribution in [0.15, 0.2) is 48.5 Å². The molecule has 120 valence electrons. The van der Waals surface area contributed by atoms with Gasteiger partial charge in [-0.25, -0.2) is 0 Å². The first kappa shape index (κ1) is 15.6. The first-order valence-electron chi connectivity index (χ1n) is 7.71. The third-order valence-electron chi connectivity index (χ3n) is 3.64. The van der Waals surface area contributed by atoms with Crippen molar-refractivity contribution in [1.82, 2.24) is 10.2 Å². The molecule has 0 radical (unpaired) electrons. The van der Waals surface area contributed by atoms with Crippen LogP contribution in [0.3, 0.4) is 0 Å². The second-order valence-electron chi connectivity index (χ2n) is 5.36. The van der Waals surface area contributed by atoms with Crippen molar-refractivity contribution in [2.45, 2.75) is 20.0 Å². The van der Waals surface area contributed by atoms with Crippen LogP contribution in [0.25, 0.3) is 0 Å². The minimum atomic E-state index is 0.294. The molecule has 23 heavy (non-hydrogen) atoms. The molecule has 0 bridgehead atoms. The smallest absolute Gasteiger partial charge is 0.231 e. The van der Waals surface area contributed by atoms with Crippen molar-refractivity contribution in [2.24, 2.45) is 0 Å². The summed E-state index contributed by atoms with van der Waals surface area (Å²) in [4.78, 5) is 2.16. The van der Waals surface area contributed by atoms with E-state index in [0.29, 0.717) is 6.79 Å². The van der Waals surface area contributed by atoms with E-state index in [-0.39, 0.29) is 0 Å². The molecule has 3 rings (SSSR count). The third-order valence-corrected chi connectivity index (χ3v) is 4.04. The summed E-state index contributed by atoms with van der Waals surface area (Å²) in [6.45, 7) is 4.64. The van der Waals surface area contributed by atoms with E-state index in [1.165, 1.54) is 5.56 Å². The van der Waals surface area contributed by atoms with Gasteiger partial charge in [-0.05, 0) is 42.4 Å². The maximum absolute atomic E-state index is 5.53. The molecule has 0 aliphatic carbocycles. The summed E-state index contributed by atoms with van der Waals surface area (Å²) in [7, 11) is 0. The van der Waals surface area contributed by atoms with Gasteiger partial charge in [0.2, 0.25) is 6.79 Å². The molecule has 1 aliphatic rings. The molecule has 0 amide bonds. The lowest BCUT2D eigenvalue weighted by Gasteiger charge is -2.26. The lowest BCUT2D eigenvalue weighted by Crippen LogP contribution is -2.38. The van der Waals surface area contributed by atoms with Gasteiger partial charge in [-0.1, -0.05) is 36.4 Å². The molecule has 1 N–H and O–H groups in total. The molecule has 0 fully saturated rings. The number of hydrogen-bond donors (Lipinski definition) is 1. The third kappa shape index (κ3) is 3.93. The highest BCUT2D eigenvalue weighted by Gasteiger charge is 2.16. The first-order chi connectivity index (χ1) is 11.3. The van der Waals surface area contributed by atoms with Crippen LogP contribution < -0.4 is 14.8 Å². The first-order valence-corrected chi connectivity index (χ1v) is 8.12. The lowest BCUT2D eigenvalue weighted by atomic mass is 10.1. The highest BCUT2D eigenvalue weighted by atomic mass is 32.1. The van der Waals surface area contributed by atoms with Crippen molar-refractivity contribution in [3.63, 3.8) is 0 Å². The highest BCUT2D eigenvalue weighted by molar-refractivity contribution is 7.80. The van der Waals surface area contributed by atoms with Crippen molar-refractivity contribution in [3.8, 4) is 11.5 Å². The average molecular weight is 328 g/mol. The zero-order valence-corrected chi connectivity index (χ0v) is 13.9. The Hall–Kier alpha value is -2.27.